The van der Waals surface area contributed by atoms with Crippen molar-refractivity contribution in [2.75, 3.05) is 19.0 Å². The maximum Gasteiger partial charge on any atom is 0.341 e. The summed E-state index contributed by atoms with van der Waals surface area (Å²) in [5.41, 5.74) is 3.14. The molecular weight excluding hydrogens is 531 g/mol. The SMILES string of the molecule is CCOc1cc(/C=N\NC(=O)CSc2ccc(Cl)cc2)cc(I)c1OCC(=O)O. The van der Waals surface area contributed by atoms with Gasteiger partial charge in [-0.15, -0.1) is 11.8 Å². The number of carbonyl (C=O) groups excluding carboxylic acids is 1. The van der Waals surface area contributed by atoms with E-state index in [0.29, 0.717) is 32.3 Å². The Morgan fingerprint density at radius 3 is 2.66 bits per heavy atom. The average Bonchev–Trinajstić information content (AvgIpc) is 2.67. The fraction of sp³-hybridized carbons (Fsp3) is 0.211. The minimum atomic E-state index is -1.08. The van der Waals surface area contributed by atoms with E-state index in [9.17, 15) is 9.59 Å². The molecule has 7 nitrogen and oxygen atoms in total. The summed E-state index contributed by atoms with van der Waals surface area (Å²) < 4.78 is 11.5. The third-order valence-corrected chi connectivity index (χ3v) is 5.32. The molecule has 0 aromatic heterocycles. The first-order chi connectivity index (χ1) is 13.9. The summed E-state index contributed by atoms with van der Waals surface area (Å²) >= 11 is 9.23. The number of benzene rings is 2. The van der Waals surface area contributed by atoms with Crippen molar-refractivity contribution in [1.82, 2.24) is 5.43 Å². The number of halogens is 2. The Hall–Kier alpha value is -1.98. The van der Waals surface area contributed by atoms with Gasteiger partial charge >= 0.3 is 5.97 Å². The lowest BCUT2D eigenvalue weighted by molar-refractivity contribution is -0.139. The van der Waals surface area contributed by atoms with Crippen LogP contribution in [0.2, 0.25) is 5.02 Å². The van der Waals surface area contributed by atoms with Gasteiger partial charge in [0, 0.05) is 9.92 Å². The second-order valence-corrected chi connectivity index (χ2v) is 8.13. The number of aliphatic carboxylic acids is 1. The highest BCUT2D eigenvalue weighted by molar-refractivity contribution is 14.1. The average molecular weight is 549 g/mol. The van der Waals surface area contributed by atoms with Gasteiger partial charge in [0.2, 0.25) is 5.91 Å². The highest BCUT2D eigenvalue weighted by atomic mass is 127. The van der Waals surface area contributed by atoms with E-state index in [1.807, 2.05) is 41.6 Å². The van der Waals surface area contributed by atoms with Gasteiger partial charge in [-0.1, -0.05) is 11.6 Å². The van der Waals surface area contributed by atoms with Crippen LogP contribution in [0.3, 0.4) is 0 Å². The summed E-state index contributed by atoms with van der Waals surface area (Å²) in [4.78, 5) is 23.6. The molecule has 1 amide bonds. The third-order valence-electron chi connectivity index (χ3n) is 3.26. The molecule has 0 radical (unpaired) electrons. The molecule has 29 heavy (non-hydrogen) atoms. The van der Waals surface area contributed by atoms with E-state index in [0.717, 1.165) is 4.90 Å². The zero-order valence-electron chi connectivity index (χ0n) is 15.4. The molecule has 0 saturated carbocycles. The van der Waals surface area contributed by atoms with Crippen LogP contribution in [0, 0.1) is 3.57 Å². The molecule has 0 heterocycles. The van der Waals surface area contributed by atoms with Crippen LogP contribution in [0.25, 0.3) is 0 Å². The number of nitrogens with zero attached hydrogens (tertiary/aromatic N) is 1. The van der Waals surface area contributed by atoms with Crippen molar-refractivity contribution in [3.63, 3.8) is 0 Å². The number of ether oxygens (including phenoxy) is 2. The monoisotopic (exact) mass is 548 g/mol. The van der Waals surface area contributed by atoms with Gasteiger partial charge < -0.3 is 14.6 Å². The third kappa shape index (κ3) is 8.11. The number of rotatable bonds is 10. The normalized spacial score (nSPS) is 10.7. The van der Waals surface area contributed by atoms with Gasteiger partial charge in [0.05, 0.1) is 22.1 Å². The van der Waals surface area contributed by atoms with Gasteiger partial charge in [0.25, 0.3) is 0 Å². The highest BCUT2D eigenvalue weighted by Gasteiger charge is 2.13. The number of carboxylic acid groups (broad SMARTS) is 1. The summed E-state index contributed by atoms with van der Waals surface area (Å²) in [6.07, 6.45) is 1.48. The van der Waals surface area contributed by atoms with E-state index >= 15 is 0 Å². The maximum atomic E-state index is 11.9. The summed E-state index contributed by atoms with van der Waals surface area (Å²) in [6, 6.07) is 10.6. The molecule has 2 N–H and O–H groups in total. The lowest BCUT2D eigenvalue weighted by atomic mass is 10.2. The maximum absolute atomic E-state index is 11.9. The topological polar surface area (TPSA) is 97.2 Å². The summed E-state index contributed by atoms with van der Waals surface area (Å²) in [5.74, 6) is -0.347. The molecule has 154 valence electrons. The Kier molecular flexibility index (Phi) is 9.55. The van der Waals surface area contributed by atoms with Crippen LogP contribution < -0.4 is 14.9 Å². The van der Waals surface area contributed by atoms with Crippen LogP contribution in [0.4, 0.5) is 0 Å². The van der Waals surface area contributed by atoms with Crippen molar-refractivity contribution in [3.05, 3.63) is 50.6 Å². The number of hydrogen-bond donors (Lipinski definition) is 2. The Bertz CT molecular complexity index is 893. The predicted molar refractivity (Wildman–Crippen MR) is 121 cm³/mol. The highest BCUT2D eigenvalue weighted by Crippen LogP contribution is 2.33. The first-order valence-electron chi connectivity index (χ1n) is 8.40. The van der Waals surface area contributed by atoms with Gasteiger partial charge in [-0.3, -0.25) is 4.79 Å². The van der Waals surface area contributed by atoms with Gasteiger partial charge in [-0.25, -0.2) is 10.2 Å². The van der Waals surface area contributed by atoms with Crippen LogP contribution in [0.15, 0.2) is 46.4 Å². The number of nitrogens with one attached hydrogen (secondary N) is 1. The fourth-order valence-electron chi connectivity index (χ4n) is 2.09. The largest absolute Gasteiger partial charge is 0.490 e. The van der Waals surface area contributed by atoms with Crippen molar-refractivity contribution in [2.45, 2.75) is 11.8 Å². The number of carboxylic acids is 1. The van der Waals surface area contributed by atoms with Crippen molar-refractivity contribution < 1.29 is 24.2 Å². The fourth-order valence-corrected chi connectivity index (χ4v) is 3.69. The molecule has 0 saturated heterocycles. The van der Waals surface area contributed by atoms with Crippen LogP contribution >= 0.6 is 46.0 Å². The molecule has 2 rings (SSSR count). The Morgan fingerprint density at radius 1 is 1.28 bits per heavy atom. The zero-order chi connectivity index (χ0) is 21.2. The van der Waals surface area contributed by atoms with Gasteiger partial charge in [-0.2, -0.15) is 5.10 Å². The van der Waals surface area contributed by atoms with E-state index in [1.165, 1.54) is 18.0 Å². The van der Waals surface area contributed by atoms with Crippen LogP contribution in [-0.2, 0) is 9.59 Å². The molecule has 0 aliphatic rings. The van der Waals surface area contributed by atoms with Crippen molar-refractivity contribution >= 4 is 64.0 Å². The summed E-state index contributed by atoms with van der Waals surface area (Å²) in [5, 5.41) is 13.4. The second-order valence-electron chi connectivity index (χ2n) is 5.48. The molecule has 2 aromatic carbocycles. The minimum Gasteiger partial charge on any atom is -0.490 e. The zero-order valence-corrected chi connectivity index (χ0v) is 19.1. The first kappa shape index (κ1) is 23.3. The van der Waals surface area contributed by atoms with E-state index in [4.69, 9.17) is 26.2 Å². The molecule has 0 spiro atoms. The Labute approximate surface area is 190 Å². The lowest BCUT2D eigenvalue weighted by Gasteiger charge is -2.13. The number of carbonyl (C=O) groups is 2. The predicted octanol–water partition coefficient (Wildman–Crippen LogP) is 4.05. The Morgan fingerprint density at radius 2 is 2.00 bits per heavy atom. The molecule has 2 aromatic rings. The molecule has 0 atom stereocenters. The number of hydrazone groups is 1. The van der Waals surface area contributed by atoms with Crippen LogP contribution in [0.5, 0.6) is 11.5 Å². The minimum absolute atomic E-state index is 0.211. The van der Waals surface area contributed by atoms with E-state index in [-0.39, 0.29) is 11.7 Å². The molecule has 0 unspecified atom stereocenters. The molecule has 0 bridgehead atoms. The first-order valence-corrected chi connectivity index (χ1v) is 10.8. The summed E-state index contributed by atoms with van der Waals surface area (Å²) in [7, 11) is 0. The molecule has 0 aliphatic carbocycles. The van der Waals surface area contributed by atoms with E-state index in [2.05, 4.69) is 10.5 Å². The van der Waals surface area contributed by atoms with Crippen molar-refractivity contribution in [2.24, 2.45) is 5.10 Å². The van der Waals surface area contributed by atoms with E-state index in [1.54, 1.807) is 24.3 Å². The summed E-state index contributed by atoms with van der Waals surface area (Å²) in [6.45, 7) is 1.73. The van der Waals surface area contributed by atoms with Gasteiger partial charge in [0.15, 0.2) is 18.1 Å². The molecular formula is C19H18ClIN2O5S. The molecule has 0 aliphatic heterocycles. The number of thioether (sulfide) groups is 1. The van der Waals surface area contributed by atoms with Gasteiger partial charge in [-0.05, 0) is 71.5 Å². The quantitative estimate of drug-likeness (QED) is 0.201. The number of amides is 1. The standard InChI is InChI=1S/C19H18ClIN2O5S/c1-2-27-16-8-12(7-15(21)19(16)28-10-18(25)26)9-22-23-17(24)11-29-14-5-3-13(20)4-6-14/h3-9H,2,10-11H2,1H3,(H,23,24)(H,25,26)/b22-9-. The van der Waals surface area contributed by atoms with E-state index < -0.39 is 12.6 Å². The molecule has 0 fully saturated rings. The van der Waals surface area contributed by atoms with Gasteiger partial charge in [0.1, 0.15) is 0 Å². The van der Waals surface area contributed by atoms with Crippen LogP contribution in [-0.4, -0.2) is 42.2 Å². The van der Waals surface area contributed by atoms with Crippen molar-refractivity contribution in [3.8, 4) is 11.5 Å². The van der Waals surface area contributed by atoms with Crippen molar-refractivity contribution in [1.29, 1.82) is 0 Å². The second kappa shape index (κ2) is 11.9. The smallest absolute Gasteiger partial charge is 0.341 e. The lowest BCUT2D eigenvalue weighted by Crippen LogP contribution is -2.19. The Balaban J connectivity index is 1.97. The number of hydrogen-bond acceptors (Lipinski definition) is 6. The van der Waals surface area contributed by atoms with Crippen LogP contribution in [0.1, 0.15) is 12.5 Å². The molecule has 10 heteroatoms.